The van der Waals surface area contributed by atoms with Gasteiger partial charge in [-0.2, -0.15) is 0 Å². The van der Waals surface area contributed by atoms with Gasteiger partial charge in [0.1, 0.15) is 25.4 Å². The summed E-state index contributed by atoms with van der Waals surface area (Å²) in [7, 11) is -9.80. The van der Waals surface area contributed by atoms with Crippen molar-refractivity contribution in [1.29, 1.82) is 0 Å². The SMILES string of the molecule is CC/C=C\C/C=C\C/C=C\C/C=C\C/C=C\C/C=C\CCCCCCCCCCCCCCCCCCC(=O)OCC(O)COP(=O)(O)OCC(O)COP(=O)(O)OCC(COC(=O)CCCCCCCCCCCCCC/C=C\C/C=C\C/C=C\C/C=C\C/C=C\C/C=C\CC)OC(=O)CCCCCCC/C=C\CCCCCC. The average Bonchev–Trinajstić information content (AvgIpc) is 0.905. The zero-order valence-electron chi connectivity index (χ0n) is 72.7. The molecule has 0 aromatic heterocycles. The number of hydrogen-bond donors (Lipinski definition) is 4. The Morgan fingerprint density at radius 1 is 0.252 bits per heavy atom. The van der Waals surface area contributed by atoms with Crippen molar-refractivity contribution >= 4 is 33.6 Å². The van der Waals surface area contributed by atoms with Gasteiger partial charge in [0.05, 0.1) is 26.4 Å². The van der Waals surface area contributed by atoms with E-state index in [0.717, 1.165) is 167 Å². The minimum absolute atomic E-state index is 0.0929. The van der Waals surface area contributed by atoms with Crippen molar-refractivity contribution in [1.82, 2.24) is 0 Å². The molecule has 0 fully saturated rings. The number of phosphoric acid groups is 2. The molecular weight excluding hydrogens is 1480 g/mol. The minimum atomic E-state index is -4.94. The predicted octanol–water partition coefficient (Wildman–Crippen LogP) is 28.1. The zero-order chi connectivity index (χ0) is 83.6. The molecule has 5 atom stereocenters. The van der Waals surface area contributed by atoms with E-state index in [-0.39, 0.29) is 19.3 Å². The lowest BCUT2D eigenvalue weighted by molar-refractivity contribution is -0.161. The van der Waals surface area contributed by atoms with Crippen molar-refractivity contribution in [3.05, 3.63) is 158 Å². The number of ether oxygens (including phenoxy) is 3. The maximum absolute atomic E-state index is 13.0. The van der Waals surface area contributed by atoms with Crippen molar-refractivity contribution in [3.8, 4) is 0 Å². The lowest BCUT2D eigenvalue weighted by Crippen LogP contribution is -2.30. The van der Waals surface area contributed by atoms with Crippen LogP contribution in [0.2, 0.25) is 0 Å². The third-order valence-corrected chi connectivity index (χ3v) is 21.1. The maximum atomic E-state index is 13.0. The zero-order valence-corrected chi connectivity index (χ0v) is 74.5. The van der Waals surface area contributed by atoms with Crippen LogP contribution in [0.1, 0.15) is 380 Å². The minimum Gasteiger partial charge on any atom is -0.463 e. The van der Waals surface area contributed by atoms with Gasteiger partial charge in [0, 0.05) is 19.3 Å². The maximum Gasteiger partial charge on any atom is 0.472 e. The summed E-state index contributed by atoms with van der Waals surface area (Å²) < 4.78 is 61.3. The van der Waals surface area contributed by atoms with Crippen LogP contribution >= 0.6 is 15.6 Å². The van der Waals surface area contributed by atoms with Gasteiger partial charge in [-0.25, -0.2) is 9.13 Å². The lowest BCUT2D eigenvalue weighted by Gasteiger charge is -2.21. The van der Waals surface area contributed by atoms with E-state index in [1.807, 2.05) is 0 Å². The summed E-state index contributed by atoms with van der Waals surface area (Å²) in [5.74, 6) is -1.58. The Hall–Kier alpha value is -4.83. The molecule has 0 rings (SSSR count). The van der Waals surface area contributed by atoms with Crippen LogP contribution in [-0.2, 0) is 55.8 Å². The van der Waals surface area contributed by atoms with Gasteiger partial charge in [0.15, 0.2) is 6.10 Å². The first kappa shape index (κ1) is 110. The monoisotopic (exact) mass is 1650 g/mol. The Morgan fingerprint density at radius 2 is 0.461 bits per heavy atom. The van der Waals surface area contributed by atoms with E-state index in [1.165, 1.54) is 154 Å². The van der Waals surface area contributed by atoms with E-state index in [0.29, 0.717) is 19.3 Å². The van der Waals surface area contributed by atoms with Gasteiger partial charge in [0.2, 0.25) is 0 Å². The number of phosphoric ester groups is 2. The fourth-order valence-electron chi connectivity index (χ4n) is 12.3. The van der Waals surface area contributed by atoms with Crippen LogP contribution in [0, 0.1) is 0 Å². The molecule has 0 saturated heterocycles. The first-order valence-corrected chi connectivity index (χ1v) is 48.8. The predicted molar refractivity (Wildman–Crippen MR) is 482 cm³/mol. The molecule has 115 heavy (non-hydrogen) atoms. The van der Waals surface area contributed by atoms with Crippen LogP contribution in [0.4, 0.5) is 0 Å². The van der Waals surface area contributed by atoms with Gasteiger partial charge in [-0.3, -0.25) is 32.5 Å². The van der Waals surface area contributed by atoms with Crippen molar-refractivity contribution in [2.75, 3.05) is 39.6 Å². The summed E-state index contributed by atoms with van der Waals surface area (Å²) in [6.07, 6.45) is 113. The lowest BCUT2D eigenvalue weighted by atomic mass is 10.0. The molecule has 0 saturated carbocycles. The number of esters is 3. The summed E-state index contributed by atoms with van der Waals surface area (Å²) in [5, 5.41) is 20.7. The van der Waals surface area contributed by atoms with Crippen LogP contribution in [0.5, 0.6) is 0 Å². The fraction of sp³-hybridized carbons (Fsp3) is 0.701. The molecule has 0 bridgehead atoms. The van der Waals surface area contributed by atoms with Crippen molar-refractivity contribution in [3.63, 3.8) is 0 Å². The molecule has 0 amide bonds. The standard InChI is InChI=1S/C97H166O16P2/c1-4-7-10-13-16-19-22-25-27-29-31-33-35-37-39-41-43-44-45-46-48-50-51-53-55-57-59-61-63-66-68-71-74-77-80-83-95(100)107-86-92(98)87-109-114(103,104)110-88-93(99)89-111-115(105,106)112-91-94(113-97(102)85-82-79-76-73-70-65-24-21-18-15-12-9-6-3)90-108-96(101)84-81-78-75-72-69-67-64-62-60-58-56-54-52-49-47-42-40-38-36-34-32-30-28-26-23-20-17-14-11-8-5-2/h7-8,10-11,16-17,19-21,24-28,31-34,37-40,43-44,47,49,92-94,98-99H,4-6,9,12-15,18,22-23,29-30,35-36,41-42,45-46,48,50-91H2,1-3H3,(H,103,104)(H,105,106)/b10-7-,11-8-,19-16-,20-17-,24-21-,27-25-,28-26-,33-31-,34-32-,39-37-,40-38-,44-43-,49-47-. The molecule has 4 N–H and O–H groups in total. The summed E-state index contributed by atoms with van der Waals surface area (Å²) >= 11 is 0. The largest absolute Gasteiger partial charge is 0.472 e. The van der Waals surface area contributed by atoms with Crippen LogP contribution < -0.4 is 0 Å². The normalized spacial score (nSPS) is 14.5. The van der Waals surface area contributed by atoms with Gasteiger partial charge >= 0.3 is 33.6 Å². The summed E-state index contributed by atoms with van der Waals surface area (Å²) in [6.45, 7) is 2.46. The first-order chi connectivity index (χ1) is 56.2. The van der Waals surface area contributed by atoms with Crippen LogP contribution in [0.15, 0.2) is 158 Å². The molecule has 5 unspecified atom stereocenters. The number of unbranched alkanes of at least 4 members (excludes halogenated alkanes) is 37. The number of allylic oxidation sites excluding steroid dienone is 26. The van der Waals surface area contributed by atoms with Gasteiger partial charge in [-0.15, -0.1) is 0 Å². The molecule has 0 radical (unpaired) electrons. The number of carbonyl (C=O) groups excluding carboxylic acids is 3. The van der Waals surface area contributed by atoms with Gasteiger partial charge in [0.25, 0.3) is 0 Å². The Labute approximate surface area is 701 Å². The van der Waals surface area contributed by atoms with Crippen LogP contribution in [0.3, 0.4) is 0 Å². The second-order valence-electron chi connectivity index (χ2n) is 30.3. The number of rotatable bonds is 86. The molecule has 660 valence electrons. The Bertz CT molecular complexity index is 2720. The van der Waals surface area contributed by atoms with Crippen LogP contribution in [-0.4, -0.2) is 95.9 Å². The second kappa shape index (κ2) is 88.5. The molecule has 0 aliphatic carbocycles. The summed E-state index contributed by atoms with van der Waals surface area (Å²) in [4.78, 5) is 58.8. The second-order valence-corrected chi connectivity index (χ2v) is 33.2. The smallest absolute Gasteiger partial charge is 0.463 e. The van der Waals surface area contributed by atoms with E-state index in [9.17, 15) is 43.5 Å². The van der Waals surface area contributed by atoms with Crippen molar-refractivity contribution in [2.24, 2.45) is 0 Å². The van der Waals surface area contributed by atoms with E-state index in [4.69, 9.17) is 32.3 Å². The van der Waals surface area contributed by atoms with E-state index in [1.54, 1.807) is 0 Å². The average molecular weight is 1650 g/mol. The Kier molecular flexibility index (Phi) is 84.7. The Morgan fingerprint density at radius 3 is 0.739 bits per heavy atom. The first-order valence-electron chi connectivity index (χ1n) is 45.8. The van der Waals surface area contributed by atoms with Crippen LogP contribution in [0.25, 0.3) is 0 Å². The van der Waals surface area contributed by atoms with Gasteiger partial charge < -0.3 is 34.2 Å². The third kappa shape index (κ3) is 89.8. The quantitative estimate of drug-likeness (QED) is 0.0146. The van der Waals surface area contributed by atoms with E-state index in [2.05, 4.69) is 179 Å². The molecule has 0 spiro atoms. The molecule has 0 aromatic rings. The number of aliphatic hydroxyl groups is 2. The molecule has 0 heterocycles. The van der Waals surface area contributed by atoms with Crippen molar-refractivity contribution in [2.45, 2.75) is 399 Å². The van der Waals surface area contributed by atoms with E-state index < -0.39 is 91.5 Å². The Balaban J connectivity index is 4.40. The van der Waals surface area contributed by atoms with E-state index >= 15 is 0 Å². The number of hydrogen-bond acceptors (Lipinski definition) is 14. The highest BCUT2D eigenvalue weighted by Gasteiger charge is 2.29. The number of carbonyl (C=O) groups is 3. The van der Waals surface area contributed by atoms with Gasteiger partial charge in [-0.05, 0) is 148 Å². The highest BCUT2D eigenvalue weighted by Crippen LogP contribution is 2.45. The molecule has 0 aliphatic heterocycles. The summed E-state index contributed by atoms with van der Waals surface area (Å²) in [6, 6.07) is 0. The van der Waals surface area contributed by atoms with Gasteiger partial charge in [-0.1, -0.05) is 371 Å². The highest BCUT2D eigenvalue weighted by molar-refractivity contribution is 7.47. The third-order valence-electron chi connectivity index (χ3n) is 19.2. The molecule has 0 aliphatic rings. The molecular formula is C97H166O16P2. The highest BCUT2D eigenvalue weighted by atomic mass is 31.2. The molecule has 16 nitrogen and oxygen atoms in total. The number of aliphatic hydroxyl groups excluding tert-OH is 2. The summed E-state index contributed by atoms with van der Waals surface area (Å²) in [5.41, 5.74) is 0. The fourth-order valence-corrected chi connectivity index (χ4v) is 13.9. The molecule has 0 aromatic carbocycles. The molecule has 18 heteroatoms. The topological polar surface area (TPSA) is 231 Å². The van der Waals surface area contributed by atoms with Crippen molar-refractivity contribution < 1.29 is 75.8 Å².